The molecule has 1 aromatic carbocycles. The minimum absolute atomic E-state index is 0.0110. The van der Waals surface area contributed by atoms with Crippen molar-refractivity contribution in [2.45, 2.75) is 39.7 Å². The highest BCUT2D eigenvalue weighted by Crippen LogP contribution is 2.22. The lowest BCUT2D eigenvalue weighted by atomic mass is 9.97. The predicted octanol–water partition coefficient (Wildman–Crippen LogP) is 3.81. The normalized spacial score (nSPS) is 12.7. The zero-order chi connectivity index (χ0) is 14.5. The van der Waals surface area contributed by atoms with E-state index in [1.165, 1.54) is 0 Å². The standard InChI is InChI=1S/C15H20Cl2N2/c1-15(2,3)8-4-5-13(19-18)9-11-6-7-12(16)10-14(11)17/h6-7,10,13,19H,5,9,18H2,1-3H3. The lowest BCUT2D eigenvalue weighted by Crippen LogP contribution is -2.36. The van der Waals surface area contributed by atoms with Gasteiger partial charge in [0.2, 0.25) is 0 Å². The Bertz CT molecular complexity index is 481. The maximum atomic E-state index is 6.15. The van der Waals surface area contributed by atoms with Crippen LogP contribution in [0, 0.1) is 17.3 Å². The first kappa shape index (κ1) is 16.3. The SMILES string of the molecule is CC(C)(C)C#CCC(Cc1ccc(Cl)cc1Cl)NN. The molecule has 0 spiro atoms. The first-order valence-electron chi connectivity index (χ1n) is 6.22. The molecule has 2 nitrogen and oxygen atoms in total. The second kappa shape index (κ2) is 7.17. The third-order valence-electron chi connectivity index (χ3n) is 2.53. The zero-order valence-corrected chi connectivity index (χ0v) is 13.1. The lowest BCUT2D eigenvalue weighted by Gasteiger charge is -2.14. The van der Waals surface area contributed by atoms with Crippen LogP contribution in [0.2, 0.25) is 10.0 Å². The van der Waals surface area contributed by atoms with E-state index < -0.39 is 0 Å². The van der Waals surface area contributed by atoms with Crippen molar-refractivity contribution in [1.82, 2.24) is 5.43 Å². The molecule has 0 amide bonds. The summed E-state index contributed by atoms with van der Waals surface area (Å²) in [6, 6.07) is 5.57. The van der Waals surface area contributed by atoms with Crippen molar-refractivity contribution in [3.63, 3.8) is 0 Å². The number of nitrogens with one attached hydrogen (secondary N) is 1. The molecule has 1 rings (SSSR count). The summed E-state index contributed by atoms with van der Waals surface area (Å²) < 4.78 is 0. The molecule has 0 saturated carbocycles. The van der Waals surface area contributed by atoms with Gasteiger partial charge in [-0.3, -0.25) is 11.3 Å². The molecule has 1 unspecified atom stereocenters. The van der Waals surface area contributed by atoms with E-state index >= 15 is 0 Å². The van der Waals surface area contributed by atoms with Gasteiger partial charge >= 0.3 is 0 Å². The van der Waals surface area contributed by atoms with Crippen LogP contribution in [0.4, 0.5) is 0 Å². The molecule has 0 aliphatic heterocycles. The highest BCUT2D eigenvalue weighted by molar-refractivity contribution is 6.35. The Labute approximate surface area is 125 Å². The molecule has 0 fully saturated rings. The Morgan fingerprint density at radius 3 is 2.53 bits per heavy atom. The molecule has 0 aliphatic rings. The van der Waals surface area contributed by atoms with Crippen LogP contribution in [-0.2, 0) is 6.42 Å². The first-order chi connectivity index (χ1) is 8.81. The molecule has 0 heterocycles. The first-order valence-corrected chi connectivity index (χ1v) is 6.97. The van der Waals surface area contributed by atoms with Gasteiger partial charge in [-0.1, -0.05) is 35.2 Å². The van der Waals surface area contributed by atoms with Crippen molar-refractivity contribution in [1.29, 1.82) is 0 Å². The summed E-state index contributed by atoms with van der Waals surface area (Å²) in [6.07, 6.45) is 1.41. The van der Waals surface area contributed by atoms with Crippen LogP contribution in [0.3, 0.4) is 0 Å². The third kappa shape index (κ3) is 6.31. The second-order valence-electron chi connectivity index (χ2n) is 5.56. The van der Waals surface area contributed by atoms with Gasteiger partial charge in [0.1, 0.15) is 0 Å². The van der Waals surface area contributed by atoms with Crippen LogP contribution < -0.4 is 11.3 Å². The number of benzene rings is 1. The van der Waals surface area contributed by atoms with Crippen LogP contribution in [-0.4, -0.2) is 6.04 Å². The van der Waals surface area contributed by atoms with Gasteiger partial charge in [-0.25, -0.2) is 0 Å². The molecule has 0 saturated heterocycles. The molecule has 4 heteroatoms. The second-order valence-corrected chi connectivity index (χ2v) is 6.40. The highest BCUT2D eigenvalue weighted by atomic mass is 35.5. The minimum Gasteiger partial charge on any atom is -0.271 e. The highest BCUT2D eigenvalue weighted by Gasteiger charge is 2.10. The summed E-state index contributed by atoms with van der Waals surface area (Å²) in [6.45, 7) is 6.25. The van der Waals surface area contributed by atoms with Crippen LogP contribution in [0.1, 0.15) is 32.8 Å². The molecular formula is C15H20Cl2N2. The maximum Gasteiger partial charge on any atom is 0.0453 e. The fraction of sp³-hybridized carbons (Fsp3) is 0.467. The number of nitrogens with two attached hydrogens (primary N) is 1. The van der Waals surface area contributed by atoms with Crippen LogP contribution in [0.25, 0.3) is 0 Å². The molecule has 0 bridgehead atoms. The van der Waals surface area contributed by atoms with Gasteiger partial charge in [0.05, 0.1) is 0 Å². The largest absolute Gasteiger partial charge is 0.271 e. The Hall–Kier alpha value is -0.720. The quantitative estimate of drug-likeness (QED) is 0.504. The molecule has 0 aromatic heterocycles. The molecule has 1 atom stereocenters. The summed E-state index contributed by atoms with van der Waals surface area (Å²) in [5.74, 6) is 11.9. The van der Waals surface area contributed by atoms with Crippen LogP contribution in [0.15, 0.2) is 18.2 Å². The monoisotopic (exact) mass is 298 g/mol. The Morgan fingerprint density at radius 2 is 2.00 bits per heavy atom. The Kier molecular flexibility index (Phi) is 6.16. The summed E-state index contributed by atoms with van der Waals surface area (Å²) in [5.41, 5.74) is 3.82. The fourth-order valence-electron chi connectivity index (χ4n) is 1.58. The van der Waals surface area contributed by atoms with Crippen LogP contribution in [0.5, 0.6) is 0 Å². The Morgan fingerprint density at radius 1 is 1.32 bits per heavy atom. The molecule has 1 aromatic rings. The maximum absolute atomic E-state index is 6.15. The molecule has 3 N–H and O–H groups in total. The average molecular weight is 299 g/mol. The zero-order valence-electron chi connectivity index (χ0n) is 11.6. The average Bonchev–Trinajstić information content (AvgIpc) is 2.29. The van der Waals surface area contributed by atoms with Gasteiger partial charge in [0.15, 0.2) is 0 Å². The van der Waals surface area contributed by atoms with Crippen molar-refractivity contribution in [2.24, 2.45) is 11.3 Å². The number of rotatable bonds is 4. The van der Waals surface area contributed by atoms with Crippen molar-refractivity contribution in [3.05, 3.63) is 33.8 Å². The van der Waals surface area contributed by atoms with Gasteiger partial charge in [0.25, 0.3) is 0 Å². The third-order valence-corrected chi connectivity index (χ3v) is 3.12. The summed E-state index contributed by atoms with van der Waals surface area (Å²) >= 11 is 12.0. The molecule has 104 valence electrons. The van der Waals surface area contributed by atoms with Crippen LogP contribution >= 0.6 is 23.2 Å². The molecule has 0 radical (unpaired) electrons. The fourth-order valence-corrected chi connectivity index (χ4v) is 2.07. The van der Waals surface area contributed by atoms with E-state index in [-0.39, 0.29) is 11.5 Å². The topological polar surface area (TPSA) is 38.0 Å². The summed E-state index contributed by atoms with van der Waals surface area (Å²) in [5, 5.41) is 1.30. The molecular weight excluding hydrogens is 279 g/mol. The van der Waals surface area contributed by atoms with E-state index in [0.717, 1.165) is 12.0 Å². The van der Waals surface area contributed by atoms with Crippen molar-refractivity contribution in [2.75, 3.05) is 0 Å². The van der Waals surface area contributed by atoms with Crippen molar-refractivity contribution in [3.8, 4) is 11.8 Å². The van der Waals surface area contributed by atoms with Crippen molar-refractivity contribution >= 4 is 23.2 Å². The van der Waals surface area contributed by atoms with Gasteiger partial charge in [-0.05, 0) is 44.9 Å². The van der Waals surface area contributed by atoms with Crippen molar-refractivity contribution < 1.29 is 0 Å². The minimum atomic E-state index is 0.0110. The van der Waals surface area contributed by atoms with E-state index in [4.69, 9.17) is 29.0 Å². The van der Waals surface area contributed by atoms with E-state index in [1.807, 2.05) is 12.1 Å². The number of hydrogen-bond donors (Lipinski definition) is 2. The number of hydrogen-bond acceptors (Lipinski definition) is 2. The van der Waals surface area contributed by atoms with E-state index in [2.05, 4.69) is 38.0 Å². The van der Waals surface area contributed by atoms with Gasteiger partial charge < -0.3 is 0 Å². The smallest absolute Gasteiger partial charge is 0.0453 e. The number of hydrazine groups is 1. The summed E-state index contributed by atoms with van der Waals surface area (Å²) in [4.78, 5) is 0. The molecule has 0 aliphatic carbocycles. The lowest BCUT2D eigenvalue weighted by molar-refractivity contribution is 0.532. The van der Waals surface area contributed by atoms with Gasteiger partial charge in [-0.2, -0.15) is 0 Å². The van der Waals surface area contributed by atoms with Gasteiger partial charge in [-0.15, -0.1) is 5.92 Å². The van der Waals surface area contributed by atoms with E-state index in [0.29, 0.717) is 16.5 Å². The Balaban J connectivity index is 2.68. The number of halogens is 2. The summed E-state index contributed by atoms with van der Waals surface area (Å²) in [7, 11) is 0. The van der Waals surface area contributed by atoms with Gasteiger partial charge in [0, 0.05) is 27.9 Å². The molecule has 19 heavy (non-hydrogen) atoms. The van der Waals surface area contributed by atoms with E-state index in [1.54, 1.807) is 6.07 Å². The predicted molar refractivity (Wildman–Crippen MR) is 83.1 cm³/mol. The van der Waals surface area contributed by atoms with E-state index in [9.17, 15) is 0 Å².